The van der Waals surface area contributed by atoms with Gasteiger partial charge in [0, 0.05) is 17.4 Å². The number of alkyl carbamates (subject to hydrolysis) is 1. The maximum absolute atomic E-state index is 17.0. The number of alkyl halides is 2. The molecule has 3 heterocycles. The van der Waals surface area contributed by atoms with Crippen molar-refractivity contribution < 1.29 is 37.4 Å². The highest BCUT2D eigenvalue weighted by molar-refractivity contribution is 5.89. The molecule has 48 heavy (non-hydrogen) atoms. The summed E-state index contributed by atoms with van der Waals surface area (Å²) in [4.78, 5) is 50.8. The van der Waals surface area contributed by atoms with E-state index in [1.807, 2.05) is 27.7 Å². The van der Waals surface area contributed by atoms with E-state index < -0.39 is 58.6 Å². The number of nitrogens with zero attached hydrogens (tertiary/aromatic N) is 3. The van der Waals surface area contributed by atoms with Crippen molar-refractivity contribution in [2.45, 2.75) is 109 Å². The topological polar surface area (TPSA) is 120 Å². The smallest absolute Gasteiger partial charge is 0.408 e. The van der Waals surface area contributed by atoms with Crippen LogP contribution < -0.4 is 14.8 Å². The monoisotopic (exact) mass is 668 g/mol. The zero-order chi connectivity index (χ0) is 34.2. The van der Waals surface area contributed by atoms with E-state index >= 15 is 8.78 Å². The summed E-state index contributed by atoms with van der Waals surface area (Å²) in [5.41, 5.74) is -1.88. The summed E-state index contributed by atoms with van der Waals surface area (Å²) >= 11 is 0. The third kappa shape index (κ3) is 5.56. The number of halogens is 2. The number of carbonyl (C=O) groups excluding carboxylic acids is 3. The number of aldehydes is 1. The molecule has 7 rings (SSSR count). The number of carbonyl (C=O) groups is 3. The maximum Gasteiger partial charge on any atom is 0.408 e. The number of hydrogen-bond acceptors (Lipinski definition) is 8. The quantitative estimate of drug-likeness (QED) is 0.393. The number of hydrogen-bond donors (Lipinski definition) is 1. The Hall–Kier alpha value is -3.57. The highest BCUT2D eigenvalue weighted by Crippen LogP contribution is 2.65. The molecule has 3 aliphatic carbocycles. The van der Waals surface area contributed by atoms with Gasteiger partial charge >= 0.3 is 12.0 Å². The van der Waals surface area contributed by atoms with Crippen molar-refractivity contribution in [1.82, 2.24) is 20.2 Å². The van der Waals surface area contributed by atoms with Gasteiger partial charge in [-0.05, 0) is 80.2 Å². The molecule has 1 aromatic heterocycles. The third-order valence-corrected chi connectivity index (χ3v) is 11.8. The molecule has 12 heteroatoms. The summed E-state index contributed by atoms with van der Waals surface area (Å²) in [5, 5.41) is 2.85. The van der Waals surface area contributed by atoms with Crippen molar-refractivity contribution in [2.24, 2.45) is 34.5 Å². The van der Waals surface area contributed by atoms with E-state index in [4.69, 9.17) is 14.2 Å². The molecule has 8 atom stereocenters. The molecule has 2 amide bonds. The van der Waals surface area contributed by atoms with E-state index in [0.29, 0.717) is 73.4 Å². The number of rotatable bonds is 3. The van der Waals surface area contributed by atoms with Crippen LogP contribution in [-0.2, 0) is 20.2 Å². The molecular weight excluding hydrogens is 622 g/mol. The Morgan fingerprint density at radius 3 is 2.50 bits per heavy atom. The number of nitrogens with one attached hydrogen (secondary N) is 1. The predicted octanol–water partition coefficient (Wildman–Crippen LogP) is 6.04. The van der Waals surface area contributed by atoms with E-state index in [-0.39, 0.29) is 24.4 Å². The van der Waals surface area contributed by atoms with Crippen LogP contribution >= 0.6 is 0 Å². The highest BCUT2D eigenvalue weighted by Gasteiger charge is 2.65. The molecule has 260 valence electrons. The summed E-state index contributed by atoms with van der Waals surface area (Å²) in [6, 6.07) is 3.01. The van der Waals surface area contributed by atoms with Gasteiger partial charge < -0.3 is 29.2 Å². The van der Waals surface area contributed by atoms with E-state index in [1.165, 1.54) is 12.0 Å². The van der Waals surface area contributed by atoms with Gasteiger partial charge in [-0.25, -0.2) is 14.8 Å². The van der Waals surface area contributed by atoms with Gasteiger partial charge in [0.15, 0.2) is 5.69 Å². The first-order valence-corrected chi connectivity index (χ1v) is 17.4. The molecule has 2 aromatic rings. The lowest BCUT2D eigenvalue weighted by molar-refractivity contribution is -0.139. The fourth-order valence-corrected chi connectivity index (χ4v) is 8.77. The minimum Gasteiger partial charge on any atom is -0.497 e. The van der Waals surface area contributed by atoms with Crippen LogP contribution in [0.25, 0.3) is 11.0 Å². The fourth-order valence-electron chi connectivity index (χ4n) is 8.77. The lowest BCUT2D eigenvalue weighted by atomic mass is 9.85. The molecule has 5 aliphatic rings. The van der Waals surface area contributed by atoms with Crippen molar-refractivity contribution in [3.05, 3.63) is 23.9 Å². The van der Waals surface area contributed by atoms with Crippen LogP contribution in [0.3, 0.4) is 0 Å². The number of aromatic nitrogens is 2. The average molecular weight is 669 g/mol. The molecule has 1 aromatic carbocycles. The molecule has 2 aliphatic heterocycles. The van der Waals surface area contributed by atoms with Gasteiger partial charge in [-0.1, -0.05) is 34.1 Å². The average Bonchev–Trinajstić information content (AvgIpc) is 3.95. The normalized spacial score (nSPS) is 34.1. The minimum atomic E-state index is -3.35. The molecular formula is C36H46F2N4O6. The second-order valence-electron chi connectivity index (χ2n) is 15.8. The summed E-state index contributed by atoms with van der Waals surface area (Å²) < 4.78 is 51.7. The van der Waals surface area contributed by atoms with E-state index in [0.717, 1.165) is 12.8 Å². The van der Waals surface area contributed by atoms with Gasteiger partial charge in [0.2, 0.25) is 11.8 Å². The van der Waals surface area contributed by atoms with Gasteiger partial charge in [0.25, 0.3) is 0 Å². The first kappa shape index (κ1) is 33.0. The van der Waals surface area contributed by atoms with Crippen molar-refractivity contribution in [1.29, 1.82) is 0 Å². The van der Waals surface area contributed by atoms with Crippen LogP contribution in [0.5, 0.6) is 11.6 Å². The molecule has 1 N–H and O–H groups in total. The Balaban J connectivity index is 1.32. The first-order chi connectivity index (χ1) is 22.8. The van der Waals surface area contributed by atoms with E-state index in [2.05, 4.69) is 15.3 Å². The summed E-state index contributed by atoms with van der Waals surface area (Å²) in [6.07, 6.45) is 3.39. The Morgan fingerprint density at radius 2 is 1.83 bits per heavy atom. The minimum absolute atomic E-state index is 0.0495. The van der Waals surface area contributed by atoms with Crippen LogP contribution in [0.4, 0.5) is 13.6 Å². The van der Waals surface area contributed by atoms with Crippen LogP contribution in [0, 0.1) is 34.5 Å². The number of benzene rings is 1. The Morgan fingerprint density at radius 1 is 1.06 bits per heavy atom. The van der Waals surface area contributed by atoms with Gasteiger partial charge in [-0.15, -0.1) is 0 Å². The standard InChI is InChI=1S/C36H46F2N4O6/c1-6-21-26(18-43)42-17-28(21)47-31-29(39-24-10-9-20(46-5)16-25(24)40-31)36(37,38)35(12-13-35)11-7-8-22-23-14-19(23)15-27(22)48-33(45)41-30(32(42)44)34(2,3)4/h9-10,16,18-19,21-23,26-28,30H,6-8,11-15,17H2,1-5H3,(H,41,45)/t19?,21-,22+,23?,26+,27+,28-,30+/m0/s1. The SMILES string of the molecule is CC[C@@H]1[C@@H]2CN(C(=O)[C@H](C(C)(C)C)NC(=O)O[C@@H]3CC4CC4[C@H]3CCCC3(CC3)C(F)(F)c3nc4ccc(OC)cc4nc3O2)[C@@H]1C=O. The zero-order valence-electron chi connectivity index (χ0n) is 28.3. The first-order valence-electron chi connectivity index (χ1n) is 17.4. The van der Waals surface area contributed by atoms with E-state index in [1.54, 1.807) is 18.2 Å². The fraction of sp³-hybridized carbons (Fsp3) is 0.694. The summed E-state index contributed by atoms with van der Waals surface area (Å²) in [6.45, 7) is 7.34. The third-order valence-electron chi connectivity index (χ3n) is 11.8. The molecule has 3 saturated carbocycles. The van der Waals surface area contributed by atoms with Crippen LogP contribution in [-0.4, -0.2) is 71.1 Å². The van der Waals surface area contributed by atoms with Crippen molar-refractivity contribution >= 4 is 29.3 Å². The van der Waals surface area contributed by atoms with Gasteiger partial charge in [-0.2, -0.15) is 8.78 Å². The number of amides is 2. The molecule has 0 radical (unpaired) electrons. The van der Waals surface area contributed by atoms with E-state index in [9.17, 15) is 14.4 Å². The Labute approximate surface area is 279 Å². The number of ether oxygens (including phenoxy) is 3. The zero-order valence-corrected chi connectivity index (χ0v) is 28.3. The highest BCUT2D eigenvalue weighted by atomic mass is 19.3. The molecule has 1 saturated heterocycles. The van der Waals surface area contributed by atoms with Gasteiger partial charge in [0.1, 0.15) is 30.3 Å². The Kier molecular flexibility index (Phi) is 8.09. The van der Waals surface area contributed by atoms with Crippen LogP contribution in [0.1, 0.15) is 84.8 Å². The summed E-state index contributed by atoms with van der Waals surface area (Å²) in [5.74, 6) is -3.11. The van der Waals surface area contributed by atoms with Crippen molar-refractivity contribution in [3.8, 4) is 11.6 Å². The second kappa shape index (κ2) is 11.8. The molecule has 1 spiro atoms. The Bertz CT molecular complexity index is 1610. The second-order valence-corrected chi connectivity index (χ2v) is 15.8. The number of methoxy groups -OCH3 is 1. The lowest BCUT2D eigenvalue weighted by Crippen LogP contribution is -2.56. The molecule has 4 fully saturated rings. The van der Waals surface area contributed by atoms with Crippen LogP contribution in [0.2, 0.25) is 0 Å². The molecule has 10 nitrogen and oxygen atoms in total. The lowest BCUT2D eigenvalue weighted by Gasteiger charge is -2.35. The molecule has 2 bridgehead atoms. The largest absolute Gasteiger partial charge is 0.497 e. The van der Waals surface area contributed by atoms with Gasteiger partial charge in [0.05, 0.1) is 30.7 Å². The maximum atomic E-state index is 17.0. The van der Waals surface area contributed by atoms with Crippen molar-refractivity contribution in [2.75, 3.05) is 13.7 Å². The number of fused-ring (bicyclic) bond motifs is 7. The summed E-state index contributed by atoms with van der Waals surface area (Å²) in [7, 11) is 1.51. The van der Waals surface area contributed by atoms with Crippen molar-refractivity contribution in [3.63, 3.8) is 0 Å². The predicted molar refractivity (Wildman–Crippen MR) is 172 cm³/mol. The van der Waals surface area contributed by atoms with Gasteiger partial charge in [-0.3, -0.25) is 4.79 Å². The molecule has 2 unspecified atom stereocenters. The van der Waals surface area contributed by atoms with Crippen LogP contribution in [0.15, 0.2) is 18.2 Å².